The highest BCUT2D eigenvalue weighted by Gasteiger charge is 2.42. The Morgan fingerprint density at radius 1 is 0.571 bits per heavy atom. The maximum absolute atomic E-state index is 6.45. The lowest BCUT2D eigenvalue weighted by molar-refractivity contribution is 0.140. The fourth-order valence-corrected chi connectivity index (χ4v) is 9.06. The first-order valence-corrected chi connectivity index (χ1v) is 19.0. The first kappa shape index (κ1) is 34.9. The summed E-state index contributed by atoms with van der Waals surface area (Å²) in [6.07, 6.45) is 16.2. The minimum Gasteiger partial charge on any atom is -0.457 e. The largest absolute Gasteiger partial charge is 0.457 e. The zero-order valence-electron chi connectivity index (χ0n) is 30.6. The molecule has 2 saturated carbocycles. The van der Waals surface area contributed by atoms with E-state index in [0.29, 0.717) is 0 Å². The maximum Gasteiger partial charge on any atom is 0.133 e. The van der Waals surface area contributed by atoms with Gasteiger partial charge in [0.25, 0.3) is 0 Å². The average Bonchev–Trinajstić information content (AvgIpc) is 3.10. The van der Waals surface area contributed by atoms with Gasteiger partial charge >= 0.3 is 0 Å². The van der Waals surface area contributed by atoms with Crippen LogP contribution in [0.25, 0.3) is 0 Å². The smallest absolute Gasteiger partial charge is 0.133 e. The van der Waals surface area contributed by atoms with E-state index in [2.05, 4.69) is 58.9 Å². The van der Waals surface area contributed by atoms with Gasteiger partial charge in [0.2, 0.25) is 0 Å². The monoisotopic (exact) mass is 658 g/mol. The van der Waals surface area contributed by atoms with Crippen LogP contribution in [0.5, 0.6) is 23.0 Å². The molecule has 6 rings (SSSR count). The van der Waals surface area contributed by atoms with Crippen LogP contribution in [0.4, 0.5) is 11.4 Å². The molecule has 4 N–H and O–H groups in total. The third-order valence-corrected chi connectivity index (χ3v) is 11.9. The van der Waals surface area contributed by atoms with Crippen molar-refractivity contribution in [2.24, 2.45) is 17.8 Å². The van der Waals surface area contributed by atoms with Crippen LogP contribution < -0.4 is 20.9 Å². The first-order chi connectivity index (χ1) is 23.6. The molecule has 0 aliphatic heterocycles. The Bertz CT molecular complexity index is 1540. The molecule has 2 fully saturated rings. The summed E-state index contributed by atoms with van der Waals surface area (Å²) in [7, 11) is 0. The Labute approximate surface area is 295 Å². The van der Waals surface area contributed by atoms with Crippen molar-refractivity contribution in [3.63, 3.8) is 0 Å². The molecular formula is C45H58N2O2. The number of aryl methyl sites for hydroxylation is 4. The predicted molar refractivity (Wildman–Crippen MR) is 206 cm³/mol. The highest BCUT2D eigenvalue weighted by atomic mass is 16.5. The minimum absolute atomic E-state index is 0.0572. The molecule has 0 radical (unpaired) electrons. The summed E-state index contributed by atoms with van der Waals surface area (Å²) in [5.74, 6) is 6.18. The second-order valence-corrected chi connectivity index (χ2v) is 15.4. The molecule has 4 aromatic rings. The number of nitrogen functional groups attached to an aromatic ring is 2. The zero-order chi connectivity index (χ0) is 34.5. The lowest BCUT2D eigenvalue weighted by Crippen LogP contribution is -2.36. The van der Waals surface area contributed by atoms with Gasteiger partial charge in [-0.05, 0) is 166 Å². The Hall–Kier alpha value is -3.92. The van der Waals surface area contributed by atoms with Crippen molar-refractivity contribution in [3.05, 3.63) is 106 Å². The fraction of sp³-hybridized carbons (Fsp3) is 0.467. The van der Waals surface area contributed by atoms with Gasteiger partial charge in [0, 0.05) is 16.8 Å². The Kier molecular flexibility index (Phi) is 10.9. The topological polar surface area (TPSA) is 70.5 Å². The van der Waals surface area contributed by atoms with Crippen molar-refractivity contribution >= 4 is 11.4 Å². The Morgan fingerprint density at radius 2 is 0.980 bits per heavy atom. The number of ether oxygens (including phenoxy) is 2. The van der Waals surface area contributed by atoms with Gasteiger partial charge in [0.05, 0.1) is 0 Å². The normalized spacial score (nSPS) is 19.4. The van der Waals surface area contributed by atoms with E-state index < -0.39 is 0 Å². The minimum atomic E-state index is -0.0572. The second kappa shape index (κ2) is 15.3. The van der Waals surface area contributed by atoms with E-state index in [-0.39, 0.29) is 5.41 Å². The lowest BCUT2D eigenvalue weighted by Gasteiger charge is -2.45. The molecule has 0 atom stereocenters. The third kappa shape index (κ3) is 7.95. The highest BCUT2D eigenvalue weighted by molar-refractivity contribution is 5.55. The molecule has 0 bridgehead atoms. The van der Waals surface area contributed by atoms with Crippen molar-refractivity contribution in [3.8, 4) is 23.0 Å². The lowest BCUT2D eigenvalue weighted by atomic mass is 9.59. The molecule has 4 nitrogen and oxygen atoms in total. The SMILES string of the molecule is CCCCCC1CCC(C2CCC(c3cc(C)c(Oc4ccc(N)cc4)c(C)c3)(c3cc(C)c(Oc4ccc(N)cc4)c(C)c3)CC2)CC1. The quantitative estimate of drug-likeness (QED) is 0.124. The molecule has 4 aromatic carbocycles. The van der Waals surface area contributed by atoms with E-state index in [0.717, 1.165) is 52.1 Å². The average molecular weight is 659 g/mol. The number of anilines is 2. The van der Waals surface area contributed by atoms with Crippen LogP contribution >= 0.6 is 0 Å². The number of unbranched alkanes of at least 4 members (excludes halogenated alkanes) is 2. The van der Waals surface area contributed by atoms with Crippen LogP contribution in [0.3, 0.4) is 0 Å². The van der Waals surface area contributed by atoms with Gasteiger partial charge < -0.3 is 20.9 Å². The molecule has 2 aliphatic rings. The van der Waals surface area contributed by atoms with Crippen molar-refractivity contribution < 1.29 is 9.47 Å². The van der Waals surface area contributed by atoms with Crippen molar-refractivity contribution in [2.45, 2.75) is 117 Å². The molecule has 49 heavy (non-hydrogen) atoms. The van der Waals surface area contributed by atoms with E-state index in [1.165, 1.54) is 110 Å². The maximum atomic E-state index is 6.45. The first-order valence-electron chi connectivity index (χ1n) is 19.0. The van der Waals surface area contributed by atoms with Gasteiger partial charge in [-0.25, -0.2) is 0 Å². The van der Waals surface area contributed by atoms with E-state index in [1.54, 1.807) is 0 Å². The summed E-state index contributed by atoms with van der Waals surface area (Å²) in [4.78, 5) is 0. The molecule has 0 saturated heterocycles. The molecule has 0 unspecified atom stereocenters. The second-order valence-electron chi connectivity index (χ2n) is 15.4. The Morgan fingerprint density at radius 3 is 1.39 bits per heavy atom. The van der Waals surface area contributed by atoms with E-state index >= 15 is 0 Å². The number of rotatable bonds is 11. The molecule has 0 amide bonds. The highest BCUT2D eigenvalue weighted by Crippen LogP contribution is 2.52. The van der Waals surface area contributed by atoms with Crippen LogP contribution in [0.2, 0.25) is 0 Å². The van der Waals surface area contributed by atoms with Gasteiger partial charge in [-0.15, -0.1) is 0 Å². The van der Waals surface area contributed by atoms with Gasteiger partial charge in [-0.3, -0.25) is 0 Å². The van der Waals surface area contributed by atoms with Crippen molar-refractivity contribution in [2.75, 3.05) is 11.5 Å². The molecular weight excluding hydrogens is 601 g/mol. The van der Waals surface area contributed by atoms with Crippen LogP contribution in [0.1, 0.15) is 117 Å². The summed E-state index contributed by atoms with van der Waals surface area (Å²) in [6, 6.07) is 25.0. The summed E-state index contributed by atoms with van der Waals surface area (Å²) in [6.45, 7) is 11.1. The molecule has 0 heterocycles. The van der Waals surface area contributed by atoms with Gasteiger partial charge in [0.15, 0.2) is 0 Å². The number of nitrogens with two attached hydrogens (primary N) is 2. The molecule has 0 aromatic heterocycles. The predicted octanol–water partition coefficient (Wildman–Crippen LogP) is 12.5. The van der Waals surface area contributed by atoms with Crippen LogP contribution in [-0.4, -0.2) is 0 Å². The third-order valence-electron chi connectivity index (χ3n) is 11.9. The number of benzene rings is 4. The van der Waals surface area contributed by atoms with E-state index in [4.69, 9.17) is 20.9 Å². The van der Waals surface area contributed by atoms with E-state index in [9.17, 15) is 0 Å². The molecule has 4 heteroatoms. The summed E-state index contributed by atoms with van der Waals surface area (Å²) in [5, 5.41) is 0. The van der Waals surface area contributed by atoms with Gasteiger partial charge in [0.1, 0.15) is 23.0 Å². The summed E-state index contributed by atoms with van der Waals surface area (Å²) < 4.78 is 12.9. The van der Waals surface area contributed by atoms with Crippen LogP contribution in [0, 0.1) is 45.4 Å². The van der Waals surface area contributed by atoms with Gasteiger partial charge in [-0.1, -0.05) is 69.7 Å². The van der Waals surface area contributed by atoms with E-state index in [1.807, 2.05) is 48.5 Å². The summed E-state index contributed by atoms with van der Waals surface area (Å²) in [5.41, 5.74) is 20.8. The molecule has 260 valence electrons. The van der Waals surface area contributed by atoms with Crippen LogP contribution in [0.15, 0.2) is 72.8 Å². The number of hydrogen-bond donors (Lipinski definition) is 2. The van der Waals surface area contributed by atoms with Crippen molar-refractivity contribution in [1.82, 2.24) is 0 Å². The molecule has 2 aliphatic carbocycles. The Balaban J connectivity index is 1.29. The van der Waals surface area contributed by atoms with Crippen molar-refractivity contribution in [1.29, 1.82) is 0 Å². The zero-order valence-corrected chi connectivity index (χ0v) is 30.6. The molecule has 0 spiro atoms. The van der Waals surface area contributed by atoms with Crippen LogP contribution in [-0.2, 0) is 5.41 Å². The van der Waals surface area contributed by atoms with Gasteiger partial charge in [-0.2, -0.15) is 0 Å². The standard InChI is InChI=1S/C45H58N2O2/c1-6-7-8-9-34-10-12-35(13-11-34)36-22-24-45(25-23-36,37-26-30(2)43(31(3)27-37)48-41-18-14-39(46)15-19-41)38-28-32(4)44(33(5)29-38)49-42-20-16-40(47)17-21-42/h14-21,26-29,34-36H,6-13,22-25,46-47H2,1-5H3. The number of hydrogen-bond acceptors (Lipinski definition) is 4. The summed E-state index contributed by atoms with van der Waals surface area (Å²) >= 11 is 0. The fourth-order valence-electron chi connectivity index (χ4n) is 9.06.